The molecule has 1 atom stereocenters. The Bertz CT molecular complexity index is 1190. The third-order valence-corrected chi connectivity index (χ3v) is 11.9. The number of carbonyl (C=O) groups is 2. The number of aliphatic hydroxyl groups excluding tert-OH is 1. The summed E-state index contributed by atoms with van der Waals surface area (Å²) >= 11 is 0. The Morgan fingerprint density at radius 1 is 0.833 bits per heavy atom. The molecule has 0 bridgehead atoms. The van der Waals surface area contributed by atoms with Crippen molar-refractivity contribution in [3.63, 3.8) is 0 Å². The second-order valence-electron chi connectivity index (χ2n) is 15.0. The van der Waals surface area contributed by atoms with Crippen molar-refractivity contribution in [1.82, 2.24) is 0 Å². The molecule has 1 aromatic carbocycles. The van der Waals surface area contributed by atoms with Crippen LogP contribution >= 0.6 is 0 Å². The van der Waals surface area contributed by atoms with Gasteiger partial charge in [0.25, 0.3) is 0 Å². The van der Waals surface area contributed by atoms with Gasteiger partial charge in [-0.25, -0.2) is 14.0 Å². The molecule has 1 N–H and O–H groups in total. The first-order chi connectivity index (χ1) is 23.2. The van der Waals surface area contributed by atoms with E-state index in [1.54, 1.807) is 0 Å². The zero-order chi connectivity index (χ0) is 34.5. The standard InChI is InChI=1S/C41H61FO6/c1-5-6-7-8-30-9-11-33(12-10-30)36-21-22-38(39(42)23-36)35-19-17-32(18-20-35)31-13-15-34(16-14-31)37(26-47-40(44)28(2)24-43)27-48-41(45)29(3)25-46-4/h21-23,30-35,37,43H,2-3,5-20,24-27H2,1,4H3. The number of benzene rings is 1. The maximum absolute atomic E-state index is 15.5. The van der Waals surface area contributed by atoms with Crippen LogP contribution in [0.5, 0.6) is 0 Å². The Labute approximate surface area is 288 Å². The number of hydrogen-bond acceptors (Lipinski definition) is 6. The van der Waals surface area contributed by atoms with E-state index < -0.39 is 18.5 Å². The summed E-state index contributed by atoms with van der Waals surface area (Å²) in [4.78, 5) is 24.6. The van der Waals surface area contributed by atoms with Crippen LogP contribution in [-0.2, 0) is 23.8 Å². The van der Waals surface area contributed by atoms with Crippen LogP contribution in [0.4, 0.5) is 4.39 Å². The normalized spacial score (nSPS) is 26.8. The zero-order valence-corrected chi connectivity index (χ0v) is 29.7. The molecule has 0 aromatic heterocycles. The molecule has 3 aliphatic carbocycles. The third kappa shape index (κ3) is 11.0. The van der Waals surface area contributed by atoms with E-state index >= 15 is 4.39 Å². The van der Waals surface area contributed by atoms with Crippen molar-refractivity contribution < 1.29 is 33.3 Å². The van der Waals surface area contributed by atoms with Gasteiger partial charge in [-0.1, -0.05) is 57.9 Å². The molecule has 0 spiro atoms. The molecule has 3 fully saturated rings. The zero-order valence-electron chi connectivity index (χ0n) is 29.7. The Morgan fingerprint density at radius 3 is 1.98 bits per heavy atom. The number of methoxy groups -OCH3 is 1. The van der Waals surface area contributed by atoms with Gasteiger partial charge in [-0.3, -0.25) is 0 Å². The van der Waals surface area contributed by atoms with Crippen molar-refractivity contribution >= 4 is 11.9 Å². The van der Waals surface area contributed by atoms with Crippen molar-refractivity contribution in [3.8, 4) is 0 Å². The highest BCUT2D eigenvalue weighted by Gasteiger charge is 2.35. The summed E-state index contributed by atoms with van der Waals surface area (Å²) in [5, 5.41) is 9.24. The monoisotopic (exact) mass is 668 g/mol. The molecule has 3 aliphatic rings. The van der Waals surface area contributed by atoms with Gasteiger partial charge in [0.05, 0.1) is 37.6 Å². The number of unbranched alkanes of at least 4 members (excludes halogenated alkanes) is 2. The molecular weight excluding hydrogens is 607 g/mol. The highest BCUT2D eigenvalue weighted by molar-refractivity contribution is 5.88. The number of carbonyl (C=O) groups excluding carboxylic acids is 2. The average Bonchev–Trinajstić information content (AvgIpc) is 3.11. The maximum atomic E-state index is 15.5. The molecule has 0 saturated heterocycles. The van der Waals surface area contributed by atoms with E-state index in [1.165, 1.54) is 64.0 Å². The highest BCUT2D eigenvalue weighted by atomic mass is 19.1. The van der Waals surface area contributed by atoms with Crippen molar-refractivity contribution in [2.45, 2.75) is 121 Å². The highest BCUT2D eigenvalue weighted by Crippen LogP contribution is 2.46. The molecule has 0 amide bonds. The maximum Gasteiger partial charge on any atom is 0.335 e. The van der Waals surface area contributed by atoms with Crippen molar-refractivity contribution in [1.29, 1.82) is 0 Å². The first kappa shape index (κ1) is 38.3. The minimum atomic E-state index is -0.630. The van der Waals surface area contributed by atoms with Crippen LogP contribution in [0.1, 0.15) is 133 Å². The second kappa shape index (κ2) is 19.6. The largest absolute Gasteiger partial charge is 0.462 e. The lowest BCUT2D eigenvalue weighted by Gasteiger charge is -2.39. The number of halogens is 1. The molecule has 268 valence electrons. The number of rotatable bonds is 17. The molecule has 0 heterocycles. The van der Waals surface area contributed by atoms with Crippen LogP contribution in [0.2, 0.25) is 0 Å². The quantitative estimate of drug-likeness (QED) is 0.101. The molecule has 0 aliphatic heterocycles. The molecule has 1 unspecified atom stereocenters. The number of aliphatic hydroxyl groups is 1. The Hall–Kier alpha value is -2.51. The van der Waals surface area contributed by atoms with Crippen LogP contribution in [0.3, 0.4) is 0 Å². The van der Waals surface area contributed by atoms with Gasteiger partial charge in [0.2, 0.25) is 0 Å². The smallest absolute Gasteiger partial charge is 0.335 e. The van der Waals surface area contributed by atoms with Crippen molar-refractivity contribution in [2.24, 2.45) is 29.6 Å². The van der Waals surface area contributed by atoms with Gasteiger partial charge in [-0.15, -0.1) is 0 Å². The molecule has 3 saturated carbocycles. The van der Waals surface area contributed by atoms with Crippen LogP contribution in [0, 0.1) is 35.4 Å². The molecule has 48 heavy (non-hydrogen) atoms. The Balaban J connectivity index is 1.24. The van der Waals surface area contributed by atoms with Crippen LogP contribution in [0.15, 0.2) is 42.5 Å². The molecular formula is C41H61FO6. The van der Waals surface area contributed by atoms with Gasteiger partial charge in [-0.05, 0) is 130 Å². The lowest BCUT2D eigenvalue weighted by atomic mass is 9.67. The van der Waals surface area contributed by atoms with E-state index in [-0.39, 0.29) is 48.6 Å². The van der Waals surface area contributed by atoms with Crippen LogP contribution < -0.4 is 0 Å². The Kier molecular flexibility index (Phi) is 15.7. The van der Waals surface area contributed by atoms with Gasteiger partial charge in [0.15, 0.2) is 0 Å². The molecule has 4 rings (SSSR count). The van der Waals surface area contributed by atoms with Crippen LogP contribution in [-0.4, -0.2) is 50.6 Å². The van der Waals surface area contributed by atoms with Gasteiger partial charge < -0.3 is 19.3 Å². The SMILES string of the molecule is C=C(CO)C(=O)OCC(COC(=O)C(=C)COC)C1CCC(C2CCC(c3ccc(C4CCC(CCCCC)CC4)cc3F)CC2)CC1. The van der Waals surface area contributed by atoms with E-state index in [9.17, 15) is 14.7 Å². The first-order valence-electron chi connectivity index (χ1n) is 18.8. The summed E-state index contributed by atoms with van der Waals surface area (Å²) < 4.78 is 31.5. The summed E-state index contributed by atoms with van der Waals surface area (Å²) in [6, 6.07) is 6.20. The lowest BCUT2D eigenvalue weighted by Crippen LogP contribution is -2.33. The summed E-state index contributed by atoms with van der Waals surface area (Å²) in [5.41, 5.74) is 2.37. The van der Waals surface area contributed by atoms with Gasteiger partial charge >= 0.3 is 11.9 Å². The van der Waals surface area contributed by atoms with Gasteiger partial charge in [0.1, 0.15) is 5.82 Å². The van der Waals surface area contributed by atoms with Gasteiger partial charge in [-0.2, -0.15) is 0 Å². The molecule has 0 radical (unpaired) electrons. The minimum Gasteiger partial charge on any atom is -0.462 e. The fraction of sp³-hybridized carbons (Fsp3) is 0.707. The van der Waals surface area contributed by atoms with Crippen molar-refractivity contribution in [3.05, 3.63) is 59.4 Å². The summed E-state index contributed by atoms with van der Waals surface area (Å²) in [7, 11) is 1.50. The number of esters is 2. The van der Waals surface area contributed by atoms with E-state index in [0.29, 0.717) is 23.7 Å². The Morgan fingerprint density at radius 2 is 1.42 bits per heavy atom. The minimum absolute atomic E-state index is 0.00216. The van der Waals surface area contributed by atoms with Gasteiger partial charge in [0, 0.05) is 13.0 Å². The van der Waals surface area contributed by atoms with E-state index in [2.05, 4.69) is 32.2 Å². The lowest BCUT2D eigenvalue weighted by molar-refractivity contribution is -0.146. The van der Waals surface area contributed by atoms with Crippen molar-refractivity contribution in [2.75, 3.05) is 33.5 Å². The topological polar surface area (TPSA) is 82.1 Å². The van der Waals surface area contributed by atoms with Crippen LogP contribution in [0.25, 0.3) is 0 Å². The summed E-state index contributed by atoms with van der Waals surface area (Å²) in [5.74, 6) is 1.92. The predicted molar refractivity (Wildman–Crippen MR) is 188 cm³/mol. The summed E-state index contributed by atoms with van der Waals surface area (Å²) in [6.07, 6.45) is 18.8. The molecule has 1 aromatic rings. The predicted octanol–water partition coefficient (Wildman–Crippen LogP) is 9.21. The average molecular weight is 669 g/mol. The number of hydrogen-bond donors (Lipinski definition) is 1. The van der Waals surface area contributed by atoms with E-state index in [1.807, 2.05) is 6.07 Å². The molecule has 7 heteroatoms. The van der Waals surface area contributed by atoms with E-state index in [4.69, 9.17) is 14.2 Å². The third-order valence-electron chi connectivity index (χ3n) is 11.9. The first-order valence-corrected chi connectivity index (χ1v) is 18.8. The number of ether oxygens (including phenoxy) is 3. The fourth-order valence-electron chi connectivity index (χ4n) is 8.77. The molecule has 6 nitrogen and oxygen atoms in total. The second-order valence-corrected chi connectivity index (χ2v) is 15.0. The fourth-order valence-corrected chi connectivity index (χ4v) is 8.77. The summed E-state index contributed by atoms with van der Waals surface area (Å²) in [6.45, 7) is 9.42. The van der Waals surface area contributed by atoms with E-state index in [0.717, 1.165) is 62.8 Å².